The van der Waals surface area contributed by atoms with Gasteiger partial charge in [-0.1, -0.05) is 28.1 Å². The first-order chi connectivity index (χ1) is 10.2. The Labute approximate surface area is 137 Å². The molecule has 1 fully saturated rings. The van der Waals surface area contributed by atoms with Crippen LogP contribution in [-0.4, -0.2) is 45.3 Å². The molecule has 0 amide bonds. The Balaban J connectivity index is 1.79. The third kappa shape index (κ3) is 5.37. The van der Waals surface area contributed by atoms with Gasteiger partial charge >= 0.3 is 0 Å². The smallest absolute Gasteiger partial charge is 0.0491 e. The SMILES string of the molecule is CNC(CCN1CCC(COC)CC1)c1cccc(Br)c1. The standard InChI is InChI=1S/C17H27BrN2O/c1-19-17(15-4-3-5-16(18)12-15)8-11-20-9-6-14(7-10-20)13-21-2/h3-5,12,14,17,19H,6-11,13H2,1-2H3. The number of hydrogen-bond donors (Lipinski definition) is 1. The number of nitrogens with one attached hydrogen (secondary N) is 1. The number of benzene rings is 1. The maximum absolute atomic E-state index is 5.27. The Bertz CT molecular complexity index is 419. The molecule has 0 saturated carbocycles. The van der Waals surface area contributed by atoms with Gasteiger partial charge in [0.25, 0.3) is 0 Å². The van der Waals surface area contributed by atoms with Crippen LogP contribution in [0.1, 0.15) is 30.9 Å². The second kappa shape index (κ2) is 8.89. The van der Waals surface area contributed by atoms with Crippen LogP contribution in [0.3, 0.4) is 0 Å². The van der Waals surface area contributed by atoms with Crippen molar-refractivity contribution < 1.29 is 4.74 Å². The van der Waals surface area contributed by atoms with Crippen LogP contribution >= 0.6 is 15.9 Å². The van der Waals surface area contributed by atoms with Gasteiger partial charge in [0, 0.05) is 24.2 Å². The maximum atomic E-state index is 5.27. The fraction of sp³-hybridized carbons (Fsp3) is 0.647. The van der Waals surface area contributed by atoms with Crippen LogP contribution in [0.5, 0.6) is 0 Å². The molecule has 0 radical (unpaired) electrons. The first-order valence-electron chi connectivity index (χ1n) is 7.87. The summed E-state index contributed by atoms with van der Waals surface area (Å²) in [6.45, 7) is 4.51. The summed E-state index contributed by atoms with van der Waals surface area (Å²) in [6.07, 6.45) is 3.70. The minimum atomic E-state index is 0.430. The number of likely N-dealkylation sites (tertiary alicyclic amines) is 1. The zero-order chi connectivity index (χ0) is 15.1. The summed E-state index contributed by atoms with van der Waals surface area (Å²) in [5, 5.41) is 3.45. The fourth-order valence-corrected chi connectivity index (χ4v) is 3.54. The highest BCUT2D eigenvalue weighted by Crippen LogP contribution is 2.22. The first-order valence-corrected chi connectivity index (χ1v) is 8.66. The van der Waals surface area contributed by atoms with Crippen molar-refractivity contribution in [2.24, 2.45) is 5.92 Å². The zero-order valence-electron chi connectivity index (χ0n) is 13.1. The van der Waals surface area contributed by atoms with Crippen LogP contribution in [0.25, 0.3) is 0 Å². The van der Waals surface area contributed by atoms with Crippen molar-refractivity contribution in [1.29, 1.82) is 0 Å². The van der Waals surface area contributed by atoms with Gasteiger partial charge in [0.15, 0.2) is 0 Å². The van der Waals surface area contributed by atoms with E-state index < -0.39 is 0 Å². The lowest BCUT2D eigenvalue weighted by molar-refractivity contribution is 0.0979. The van der Waals surface area contributed by atoms with E-state index in [0.29, 0.717) is 6.04 Å². The van der Waals surface area contributed by atoms with Crippen LogP contribution in [0.2, 0.25) is 0 Å². The fourth-order valence-electron chi connectivity index (χ4n) is 3.13. The van der Waals surface area contributed by atoms with Crippen LogP contribution in [0.15, 0.2) is 28.7 Å². The molecule has 0 bridgehead atoms. The van der Waals surface area contributed by atoms with E-state index in [1.807, 2.05) is 7.11 Å². The van der Waals surface area contributed by atoms with Gasteiger partial charge in [-0.05, 0) is 69.6 Å². The monoisotopic (exact) mass is 354 g/mol. The summed E-state index contributed by atoms with van der Waals surface area (Å²) in [5.74, 6) is 0.761. The Hall–Kier alpha value is -0.420. The molecule has 1 aromatic carbocycles. The molecular formula is C17H27BrN2O. The molecule has 1 aliphatic rings. The van der Waals surface area contributed by atoms with Crippen LogP contribution in [0.4, 0.5) is 0 Å². The molecule has 4 heteroatoms. The van der Waals surface area contributed by atoms with Crippen molar-refractivity contribution >= 4 is 15.9 Å². The van der Waals surface area contributed by atoms with Crippen LogP contribution in [-0.2, 0) is 4.74 Å². The molecule has 0 aliphatic carbocycles. The third-order valence-electron chi connectivity index (χ3n) is 4.44. The van der Waals surface area contributed by atoms with Crippen LogP contribution in [0, 0.1) is 5.92 Å². The quantitative estimate of drug-likeness (QED) is 0.811. The molecule has 1 N–H and O–H groups in total. The van der Waals surface area contributed by atoms with Gasteiger partial charge in [-0.25, -0.2) is 0 Å². The molecule has 21 heavy (non-hydrogen) atoms. The lowest BCUT2D eigenvalue weighted by Crippen LogP contribution is -2.36. The summed E-state index contributed by atoms with van der Waals surface area (Å²) < 4.78 is 6.42. The Morgan fingerprint density at radius 2 is 2.14 bits per heavy atom. The first kappa shape index (κ1) is 16.9. The Morgan fingerprint density at radius 1 is 1.38 bits per heavy atom. The van der Waals surface area contributed by atoms with Crippen molar-refractivity contribution in [1.82, 2.24) is 10.2 Å². The van der Waals surface area contributed by atoms with Gasteiger partial charge in [0.2, 0.25) is 0 Å². The number of methoxy groups -OCH3 is 1. The lowest BCUT2D eigenvalue weighted by atomic mass is 9.97. The predicted molar refractivity (Wildman–Crippen MR) is 91.6 cm³/mol. The van der Waals surface area contributed by atoms with Gasteiger partial charge in [-0.15, -0.1) is 0 Å². The van der Waals surface area contributed by atoms with Gasteiger partial charge in [0.05, 0.1) is 0 Å². The number of piperidine rings is 1. The molecule has 1 atom stereocenters. The van der Waals surface area contributed by atoms with E-state index >= 15 is 0 Å². The average molecular weight is 355 g/mol. The van der Waals surface area contributed by atoms with Crippen molar-refractivity contribution in [3.05, 3.63) is 34.3 Å². The van der Waals surface area contributed by atoms with Crippen molar-refractivity contribution in [3.8, 4) is 0 Å². The average Bonchev–Trinajstić information content (AvgIpc) is 2.50. The molecule has 118 valence electrons. The van der Waals surface area contributed by atoms with E-state index in [1.165, 1.54) is 31.5 Å². The van der Waals surface area contributed by atoms with Gasteiger partial charge in [-0.3, -0.25) is 0 Å². The molecule has 1 unspecified atom stereocenters. The summed E-state index contributed by atoms with van der Waals surface area (Å²) in [6, 6.07) is 9.04. The van der Waals surface area contributed by atoms with Crippen molar-refractivity contribution in [2.45, 2.75) is 25.3 Å². The highest BCUT2D eigenvalue weighted by Gasteiger charge is 2.20. The van der Waals surface area contributed by atoms with Crippen LogP contribution < -0.4 is 5.32 Å². The van der Waals surface area contributed by atoms with E-state index in [-0.39, 0.29) is 0 Å². The topological polar surface area (TPSA) is 24.5 Å². The number of halogens is 1. The molecule has 2 rings (SSSR count). The highest BCUT2D eigenvalue weighted by molar-refractivity contribution is 9.10. The summed E-state index contributed by atoms with van der Waals surface area (Å²) in [5.41, 5.74) is 1.36. The van der Waals surface area contributed by atoms with E-state index in [2.05, 4.69) is 57.5 Å². The minimum absolute atomic E-state index is 0.430. The highest BCUT2D eigenvalue weighted by atomic mass is 79.9. The molecular weight excluding hydrogens is 328 g/mol. The predicted octanol–water partition coefficient (Wildman–Crippen LogP) is 3.46. The summed E-state index contributed by atoms with van der Waals surface area (Å²) in [4.78, 5) is 2.59. The Kier molecular flexibility index (Phi) is 7.17. The number of nitrogens with zero attached hydrogens (tertiary/aromatic N) is 1. The van der Waals surface area contributed by atoms with E-state index in [0.717, 1.165) is 30.0 Å². The number of hydrogen-bond acceptors (Lipinski definition) is 3. The van der Waals surface area contributed by atoms with E-state index in [1.54, 1.807) is 0 Å². The van der Waals surface area contributed by atoms with E-state index in [4.69, 9.17) is 4.74 Å². The molecule has 1 aliphatic heterocycles. The minimum Gasteiger partial charge on any atom is -0.384 e. The second-order valence-corrected chi connectivity index (χ2v) is 6.84. The zero-order valence-corrected chi connectivity index (χ0v) is 14.7. The third-order valence-corrected chi connectivity index (χ3v) is 4.94. The number of ether oxygens (including phenoxy) is 1. The molecule has 3 nitrogen and oxygen atoms in total. The molecule has 0 aromatic heterocycles. The molecule has 1 heterocycles. The molecule has 0 spiro atoms. The van der Waals surface area contributed by atoms with Gasteiger partial charge in [-0.2, -0.15) is 0 Å². The normalized spacial score (nSPS) is 18.8. The number of rotatable bonds is 7. The largest absolute Gasteiger partial charge is 0.384 e. The maximum Gasteiger partial charge on any atom is 0.0491 e. The van der Waals surface area contributed by atoms with Gasteiger partial charge in [0.1, 0.15) is 0 Å². The molecule has 1 saturated heterocycles. The summed E-state index contributed by atoms with van der Waals surface area (Å²) in [7, 11) is 3.86. The lowest BCUT2D eigenvalue weighted by Gasteiger charge is -2.32. The van der Waals surface area contributed by atoms with Gasteiger partial charge < -0.3 is 15.0 Å². The van der Waals surface area contributed by atoms with E-state index in [9.17, 15) is 0 Å². The molecule has 1 aromatic rings. The second-order valence-electron chi connectivity index (χ2n) is 5.93. The van der Waals surface area contributed by atoms with Crippen molar-refractivity contribution in [3.63, 3.8) is 0 Å². The Morgan fingerprint density at radius 3 is 2.76 bits per heavy atom. The summed E-state index contributed by atoms with van der Waals surface area (Å²) >= 11 is 3.56. The van der Waals surface area contributed by atoms with Crippen molar-refractivity contribution in [2.75, 3.05) is 40.4 Å².